The number of carbonyl (C=O) groups excluding carboxylic acids is 2. The maximum Gasteiger partial charge on any atom is 0.252 e. The Morgan fingerprint density at radius 3 is 2.47 bits per heavy atom. The van der Waals surface area contributed by atoms with Crippen LogP contribution in [0.15, 0.2) is 85.3 Å². The van der Waals surface area contributed by atoms with Crippen molar-refractivity contribution in [2.24, 2.45) is 0 Å². The van der Waals surface area contributed by atoms with Crippen molar-refractivity contribution in [1.82, 2.24) is 20.6 Å². The molecule has 0 saturated heterocycles. The zero-order valence-corrected chi connectivity index (χ0v) is 16.3. The summed E-state index contributed by atoms with van der Waals surface area (Å²) in [5.74, 6) is -0.538. The summed E-state index contributed by atoms with van der Waals surface area (Å²) in [6.45, 7) is 0.398. The number of aromatic amines is 1. The van der Waals surface area contributed by atoms with Crippen LogP contribution < -0.4 is 10.6 Å². The van der Waals surface area contributed by atoms with Gasteiger partial charge in [0.1, 0.15) is 6.04 Å². The Hall–Kier alpha value is -3.93. The Labute approximate surface area is 174 Å². The molecule has 4 aromatic rings. The molecular formula is C24H22N4O2. The van der Waals surface area contributed by atoms with E-state index in [0.717, 1.165) is 22.0 Å². The van der Waals surface area contributed by atoms with Gasteiger partial charge < -0.3 is 15.6 Å². The van der Waals surface area contributed by atoms with Crippen LogP contribution in [0.4, 0.5) is 0 Å². The molecule has 0 aliphatic carbocycles. The molecule has 1 atom stereocenters. The van der Waals surface area contributed by atoms with E-state index in [-0.39, 0.29) is 11.8 Å². The summed E-state index contributed by atoms with van der Waals surface area (Å²) in [6.07, 6.45) is 5.38. The molecule has 2 aromatic carbocycles. The third-order valence-corrected chi connectivity index (χ3v) is 4.97. The first-order chi connectivity index (χ1) is 14.7. The summed E-state index contributed by atoms with van der Waals surface area (Å²) in [7, 11) is 0. The fourth-order valence-corrected chi connectivity index (χ4v) is 3.38. The van der Waals surface area contributed by atoms with Crippen molar-refractivity contribution in [3.63, 3.8) is 0 Å². The largest absolute Gasteiger partial charge is 0.361 e. The van der Waals surface area contributed by atoms with Crippen LogP contribution in [0, 0.1) is 0 Å². The number of fused-ring (bicyclic) bond motifs is 1. The van der Waals surface area contributed by atoms with E-state index < -0.39 is 6.04 Å². The van der Waals surface area contributed by atoms with Crippen molar-refractivity contribution in [2.45, 2.75) is 19.0 Å². The molecule has 6 nitrogen and oxygen atoms in total. The first kappa shape index (κ1) is 19.4. The van der Waals surface area contributed by atoms with Crippen LogP contribution in [-0.4, -0.2) is 27.8 Å². The van der Waals surface area contributed by atoms with Crippen molar-refractivity contribution in [3.05, 3.63) is 102 Å². The van der Waals surface area contributed by atoms with Gasteiger partial charge in [-0.05, 0) is 29.3 Å². The van der Waals surface area contributed by atoms with Gasteiger partial charge in [0.15, 0.2) is 0 Å². The zero-order chi connectivity index (χ0) is 20.8. The summed E-state index contributed by atoms with van der Waals surface area (Å²) in [4.78, 5) is 32.9. The number of amides is 2. The van der Waals surface area contributed by atoms with E-state index in [4.69, 9.17) is 0 Å². The molecule has 0 bridgehead atoms. The third kappa shape index (κ3) is 4.55. The van der Waals surface area contributed by atoms with Crippen LogP contribution in [0.1, 0.15) is 21.5 Å². The van der Waals surface area contributed by atoms with Gasteiger partial charge in [-0.2, -0.15) is 0 Å². The van der Waals surface area contributed by atoms with E-state index >= 15 is 0 Å². The number of hydrogen-bond donors (Lipinski definition) is 3. The van der Waals surface area contributed by atoms with E-state index in [9.17, 15) is 9.59 Å². The fraction of sp³-hybridized carbons (Fsp3) is 0.125. The van der Waals surface area contributed by atoms with Gasteiger partial charge in [0.05, 0.1) is 0 Å². The number of carbonyl (C=O) groups is 2. The number of pyridine rings is 1. The maximum absolute atomic E-state index is 13.0. The minimum atomic E-state index is -0.714. The second kappa shape index (κ2) is 9.05. The number of nitrogens with zero attached hydrogens (tertiary/aromatic N) is 1. The first-order valence-electron chi connectivity index (χ1n) is 9.78. The Morgan fingerprint density at radius 2 is 1.67 bits per heavy atom. The summed E-state index contributed by atoms with van der Waals surface area (Å²) in [5, 5.41) is 6.86. The second-order valence-corrected chi connectivity index (χ2v) is 7.03. The van der Waals surface area contributed by atoms with Crippen molar-refractivity contribution in [2.75, 3.05) is 0 Å². The van der Waals surface area contributed by atoms with Crippen LogP contribution in [0.25, 0.3) is 10.9 Å². The fourth-order valence-electron chi connectivity index (χ4n) is 3.38. The van der Waals surface area contributed by atoms with Crippen molar-refractivity contribution < 1.29 is 9.59 Å². The smallest absolute Gasteiger partial charge is 0.252 e. The molecule has 0 aliphatic heterocycles. The first-order valence-corrected chi connectivity index (χ1v) is 9.78. The molecule has 0 aliphatic rings. The van der Waals surface area contributed by atoms with E-state index in [0.29, 0.717) is 18.5 Å². The number of nitrogens with one attached hydrogen (secondary N) is 3. The Kier molecular flexibility index (Phi) is 5.85. The molecule has 0 unspecified atom stereocenters. The quantitative estimate of drug-likeness (QED) is 0.447. The van der Waals surface area contributed by atoms with E-state index in [1.165, 1.54) is 0 Å². The molecule has 0 spiro atoms. The second-order valence-electron chi connectivity index (χ2n) is 7.03. The number of benzene rings is 2. The van der Waals surface area contributed by atoms with Crippen LogP contribution in [0.5, 0.6) is 0 Å². The monoisotopic (exact) mass is 398 g/mol. The SMILES string of the molecule is O=C(N[C@@H](Cc1c[nH]c2ccccc12)C(=O)NCc1ccccc1)c1ccncc1. The highest BCUT2D eigenvalue weighted by Gasteiger charge is 2.23. The molecule has 3 N–H and O–H groups in total. The lowest BCUT2D eigenvalue weighted by atomic mass is 10.0. The summed E-state index contributed by atoms with van der Waals surface area (Å²) >= 11 is 0. The Balaban J connectivity index is 1.53. The van der Waals surface area contributed by atoms with Crippen LogP contribution in [-0.2, 0) is 17.8 Å². The number of aromatic nitrogens is 2. The summed E-state index contributed by atoms with van der Waals surface area (Å²) in [5.41, 5.74) is 3.43. The molecule has 30 heavy (non-hydrogen) atoms. The lowest BCUT2D eigenvalue weighted by Gasteiger charge is -2.18. The average Bonchev–Trinajstić information content (AvgIpc) is 3.21. The topological polar surface area (TPSA) is 86.9 Å². The molecule has 0 radical (unpaired) electrons. The predicted octanol–water partition coefficient (Wildman–Crippen LogP) is 3.22. The van der Waals surface area contributed by atoms with E-state index in [1.807, 2.05) is 60.8 Å². The standard InChI is InChI=1S/C24H22N4O2/c29-23(18-10-12-25-13-11-18)28-22(24(30)27-15-17-6-2-1-3-7-17)14-19-16-26-21-9-5-4-8-20(19)21/h1-13,16,22,26H,14-15H2,(H,27,30)(H,28,29)/t22-/m0/s1. The Morgan fingerprint density at radius 1 is 0.933 bits per heavy atom. The van der Waals surface area contributed by atoms with Gasteiger partial charge in [0.25, 0.3) is 5.91 Å². The van der Waals surface area contributed by atoms with Gasteiger partial charge in [0.2, 0.25) is 5.91 Å². The van der Waals surface area contributed by atoms with Gasteiger partial charge in [-0.1, -0.05) is 48.5 Å². The van der Waals surface area contributed by atoms with Gasteiger partial charge in [-0.25, -0.2) is 0 Å². The summed E-state index contributed by atoms with van der Waals surface area (Å²) in [6, 6.07) is 20.1. The van der Waals surface area contributed by atoms with Gasteiger partial charge in [-0.15, -0.1) is 0 Å². The van der Waals surface area contributed by atoms with Gasteiger partial charge >= 0.3 is 0 Å². The Bertz CT molecular complexity index is 1140. The molecule has 2 heterocycles. The van der Waals surface area contributed by atoms with Gasteiger partial charge in [0, 0.05) is 48.0 Å². The summed E-state index contributed by atoms with van der Waals surface area (Å²) < 4.78 is 0. The van der Waals surface area contributed by atoms with Gasteiger partial charge in [-0.3, -0.25) is 14.6 Å². The molecule has 0 saturated carbocycles. The molecule has 2 aromatic heterocycles. The number of H-pyrrole nitrogens is 1. The minimum Gasteiger partial charge on any atom is -0.361 e. The van der Waals surface area contributed by atoms with Crippen molar-refractivity contribution >= 4 is 22.7 Å². The average molecular weight is 398 g/mol. The predicted molar refractivity (Wildman–Crippen MR) is 116 cm³/mol. The molecule has 150 valence electrons. The normalized spacial score (nSPS) is 11.7. The minimum absolute atomic E-state index is 0.230. The number of hydrogen-bond acceptors (Lipinski definition) is 3. The number of para-hydroxylation sites is 1. The van der Waals surface area contributed by atoms with Crippen molar-refractivity contribution in [3.8, 4) is 0 Å². The molecule has 2 amide bonds. The highest BCUT2D eigenvalue weighted by atomic mass is 16.2. The number of rotatable bonds is 7. The van der Waals surface area contributed by atoms with Crippen LogP contribution >= 0.6 is 0 Å². The van der Waals surface area contributed by atoms with Crippen molar-refractivity contribution in [1.29, 1.82) is 0 Å². The zero-order valence-electron chi connectivity index (χ0n) is 16.3. The highest BCUT2D eigenvalue weighted by molar-refractivity contribution is 5.97. The van der Waals surface area contributed by atoms with Crippen LogP contribution in [0.2, 0.25) is 0 Å². The van der Waals surface area contributed by atoms with E-state index in [2.05, 4.69) is 20.6 Å². The van der Waals surface area contributed by atoms with E-state index in [1.54, 1.807) is 24.5 Å². The lowest BCUT2D eigenvalue weighted by molar-refractivity contribution is -0.123. The molecule has 6 heteroatoms. The lowest BCUT2D eigenvalue weighted by Crippen LogP contribution is -2.47. The molecular weight excluding hydrogens is 376 g/mol. The third-order valence-electron chi connectivity index (χ3n) is 4.97. The molecule has 0 fully saturated rings. The van der Waals surface area contributed by atoms with Crippen LogP contribution in [0.3, 0.4) is 0 Å². The highest BCUT2D eigenvalue weighted by Crippen LogP contribution is 2.19. The molecule has 4 rings (SSSR count). The maximum atomic E-state index is 13.0.